The van der Waals surface area contributed by atoms with E-state index in [0.717, 1.165) is 38.9 Å². The van der Waals surface area contributed by atoms with Crippen LogP contribution in [0.1, 0.15) is 12.5 Å². The predicted molar refractivity (Wildman–Crippen MR) is 93.5 cm³/mol. The van der Waals surface area contributed by atoms with Crippen LogP contribution in [0.2, 0.25) is 5.02 Å². The van der Waals surface area contributed by atoms with Gasteiger partial charge in [0.15, 0.2) is 0 Å². The molecule has 0 aliphatic heterocycles. The van der Waals surface area contributed by atoms with E-state index in [4.69, 9.17) is 16.0 Å². The zero-order chi connectivity index (χ0) is 15.1. The van der Waals surface area contributed by atoms with Crippen molar-refractivity contribution >= 4 is 33.5 Å². The molecule has 0 saturated carbocycles. The van der Waals surface area contributed by atoms with Crippen LogP contribution >= 0.6 is 11.6 Å². The minimum Gasteiger partial charge on any atom is -0.456 e. The molecule has 1 heterocycles. The first-order valence-corrected chi connectivity index (χ1v) is 7.85. The predicted octanol–water partition coefficient (Wildman–Crippen LogP) is 6.47. The Morgan fingerprint density at radius 2 is 1.50 bits per heavy atom. The van der Waals surface area contributed by atoms with Crippen molar-refractivity contribution in [1.29, 1.82) is 0 Å². The van der Waals surface area contributed by atoms with Crippen LogP contribution in [0.15, 0.2) is 65.1 Å². The van der Waals surface area contributed by atoms with E-state index in [1.54, 1.807) is 0 Å². The lowest BCUT2D eigenvalue weighted by Crippen LogP contribution is -1.82. The second-order valence-corrected chi connectivity index (χ2v) is 5.85. The Hall–Kier alpha value is -2.25. The molecule has 2 heteroatoms. The molecule has 0 spiro atoms. The number of rotatable bonds is 2. The molecule has 4 rings (SSSR count). The highest BCUT2D eigenvalue weighted by atomic mass is 35.5. The Balaban J connectivity index is 2.06. The molecular weight excluding hydrogens is 292 g/mol. The lowest BCUT2D eigenvalue weighted by Gasteiger charge is -2.05. The van der Waals surface area contributed by atoms with Gasteiger partial charge in [-0.3, -0.25) is 0 Å². The normalized spacial score (nSPS) is 11.4. The molecule has 0 aliphatic carbocycles. The van der Waals surface area contributed by atoms with E-state index in [1.807, 2.05) is 30.3 Å². The van der Waals surface area contributed by atoms with Gasteiger partial charge in [-0.25, -0.2) is 0 Å². The summed E-state index contributed by atoms with van der Waals surface area (Å²) in [6.45, 7) is 2.17. The highest BCUT2D eigenvalue weighted by Crippen LogP contribution is 2.39. The van der Waals surface area contributed by atoms with Gasteiger partial charge in [0.2, 0.25) is 0 Å². The van der Waals surface area contributed by atoms with E-state index in [1.165, 1.54) is 11.1 Å². The number of hydrogen-bond acceptors (Lipinski definition) is 1. The van der Waals surface area contributed by atoms with Crippen LogP contribution in [-0.2, 0) is 6.42 Å². The molecule has 0 bridgehead atoms. The summed E-state index contributed by atoms with van der Waals surface area (Å²) < 4.78 is 5.96. The molecule has 0 atom stereocenters. The summed E-state index contributed by atoms with van der Waals surface area (Å²) in [5.41, 5.74) is 5.39. The monoisotopic (exact) mass is 306 g/mol. The second-order valence-electron chi connectivity index (χ2n) is 5.44. The Kier molecular flexibility index (Phi) is 3.16. The summed E-state index contributed by atoms with van der Waals surface area (Å²) in [5, 5.41) is 2.82. The Bertz CT molecular complexity index is 964. The molecule has 3 aromatic carbocycles. The van der Waals surface area contributed by atoms with E-state index in [-0.39, 0.29) is 0 Å². The molecule has 0 unspecified atom stereocenters. The maximum Gasteiger partial charge on any atom is 0.136 e. The number of furan rings is 1. The lowest BCUT2D eigenvalue weighted by molar-refractivity contribution is 0.669. The number of hydrogen-bond donors (Lipinski definition) is 0. The quantitative estimate of drug-likeness (QED) is 0.413. The van der Waals surface area contributed by atoms with Crippen molar-refractivity contribution in [2.75, 3.05) is 0 Å². The summed E-state index contributed by atoms with van der Waals surface area (Å²) in [4.78, 5) is 0. The topological polar surface area (TPSA) is 13.1 Å². The molecule has 22 heavy (non-hydrogen) atoms. The van der Waals surface area contributed by atoms with E-state index < -0.39 is 0 Å². The third-order valence-corrected chi connectivity index (χ3v) is 4.46. The second kappa shape index (κ2) is 5.19. The molecule has 0 radical (unpaired) electrons. The Morgan fingerprint density at radius 3 is 2.23 bits per heavy atom. The summed E-state index contributed by atoms with van der Waals surface area (Å²) in [5.74, 6) is 0. The lowest BCUT2D eigenvalue weighted by atomic mass is 9.98. The summed E-state index contributed by atoms with van der Waals surface area (Å²) in [7, 11) is 0. The van der Waals surface area contributed by atoms with Gasteiger partial charge >= 0.3 is 0 Å². The largest absolute Gasteiger partial charge is 0.456 e. The van der Waals surface area contributed by atoms with Gasteiger partial charge in [-0.05, 0) is 41.3 Å². The number of fused-ring (bicyclic) bond motifs is 3. The smallest absolute Gasteiger partial charge is 0.136 e. The van der Waals surface area contributed by atoms with Gasteiger partial charge in [-0.15, -0.1) is 0 Å². The van der Waals surface area contributed by atoms with Crippen LogP contribution in [0, 0.1) is 0 Å². The van der Waals surface area contributed by atoms with E-state index in [0.29, 0.717) is 0 Å². The van der Waals surface area contributed by atoms with Gasteiger partial charge in [0.05, 0.1) is 5.02 Å². The third kappa shape index (κ3) is 2.01. The molecule has 4 aromatic rings. The van der Waals surface area contributed by atoms with Crippen LogP contribution < -0.4 is 0 Å². The standard InChI is InChI=1S/C20H15ClO/c1-2-13-9-11-14(12-10-13)15-5-3-7-17-19(15)20-16(21)6-4-8-18(20)22-17/h3-12H,2H2,1H3. The average Bonchev–Trinajstić information content (AvgIpc) is 2.95. The maximum absolute atomic E-state index is 6.42. The molecule has 0 amide bonds. The van der Waals surface area contributed by atoms with Crippen molar-refractivity contribution in [2.24, 2.45) is 0 Å². The molecule has 1 nitrogen and oxygen atoms in total. The van der Waals surface area contributed by atoms with E-state index in [2.05, 4.69) is 37.3 Å². The summed E-state index contributed by atoms with van der Waals surface area (Å²) in [6, 6.07) is 20.6. The zero-order valence-corrected chi connectivity index (χ0v) is 13.0. The van der Waals surface area contributed by atoms with Crippen LogP contribution in [0.3, 0.4) is 0 Å². The summed E-state index contributed by atoms with van der Waals surface area (Å²) >= 11 is 6.42. The first-order valence-electron chi connectivity index (χ1n) is 7.47. The van der Waals surface area contributed by atoms with Crippen molar-refractivity contribution in [1.82, 2.24) is 0 Å². The SMILES string of the molecule is CCc1ccc(-c2cccc3oc4cccc(Cl)c4c23)cc1. The number of aryl methyl sites for hydroxylation is 1. The first kappa shape index (κ1) is 13.4. The fourth-order valence-electron chi connectivity index (χ4n) is 2.99. The van der Waals surface area contributed by atoms with Crippen molar-refractivity contribution in [3.8, 4) is 11.1 Å². The van der Waals surface area contributed by atoms with Gasteiger partial charge in [-0.2, -0.15) is 0 Å². The van der Waals surface area contributed by atoms with Gasteiger partial charge in [0.1, 0.15) is 11.2 Å². The van der Waals surface area contributed by atoms with Crippen molar-refractivity contribution in [2.45, 2.75) is 13.3 Å². The molecule has 1 aromatic heterocycles. The Labute approximate surface area is 134 Å². The highest BCUT2D eigenvalue weighted by Gasteiger charge is 2.14. The fraction of sp³-hybridized carbons (Fsp3) is 0.100. The molecule has 0 fully saturated rings. The van der Waals surface area contributed by atoms with Gasteiger partial charge in [0, 0.05) is 10.8 Å². The van der Waals surface area contributed by atoms with Gasteiger partial charge in [0.25, 0.3) is 0 Å². The molecule has 0 aliphatic rings. The van der Waals surface area contributed by atoms with E-state index in [9.17, 15) is 0 Å². The molecule has 108 valence electrons. The first-order chi connectivity index (χ1) is 10.8. The average molecular weight is 307 g/mol. The molecule has 0 saturated heterocycles. The maximum atomic E-state index is 6.42. The van der Waals surface area contributed by atoms with Crippen LogP contribution in [0.5, 0.6) is 0 Å². The highest BCUT2D eigenvalue weighted by molar-refractivity contribution is 6.38. The fourth-order valence-corrected chi connectivity index (χ4v) is 3.25. The van der Waals surface area contributed by atoms with Crippen LogP contribution in [0.4, 0.5) is 0 Å². The van der Waals surface area contributed by atoms with Gasteiger partial charge in [-0.1, -0.05) is 61.0 Å². The molecular formula is C20H15ClO. The third-order valence-electron chi connectivity index (χ3n) is 4.14. The van der Waals surface area contributed by atoms with Crippen LogP contribution in [0.25, 0.3) is 33.1 Å². The van der Waals surface area contributed by atoms with Gasteiger partial charge < -0.3 is 4.42 Å². The molecule has 0 N–H and O–H groups in total. The van der Waals surface area contributed by atoms with Crippen molar-refractivity contribution in [3.63, 3.8) is 0 Å². The van der Waals surface area contributed by atoms with E-state index >= 15 is 0 Å². The summed E-state index contributed by atoms with van der Waals surface area (Å²) in [6.07, 6.45) is 1.05. The minimum atomic E-state index is 0.730. The van der Waals surface area contributed by atoms with Crippen LogP contribution in [-0.4, -0.2) is 0 Å². The van der Waals surface area contributed by atoms with Crippen molar-refractivity contribution in [3.05, 3.63) is 71.2 Å². The minimum absolute atomic E-state index is 0.730. The zero-order valence-electron chi connectivity index (χ0n) is 12.3. The van der Waals surface area contributed by atoms with Crippen molar-refractivity contribution < 1.29 is 4.42 Å². The number of benzene rings is 3. The number of halogens is 1. The Morgan fingerprint density at radius 1 is 0.818 bits per heavy atom.